The van der Waals surface area contributed by atoms with Crippen LogP contribution in [0.3, 0.4) is 0 Å². The van der Waals surface area contributed by atoms with E-state index in [9.17, 15) is 4.79 Å². The Labute approximate surface area is 115 Å². The van der Waals surface area contributed by atoms with Gasteiger partial charge in [-0.1, -0.05) is 26.0 Å². The maximum Gasteiger partial charge on any atom is 0.231 e. The molecule has 19 heavy (non-hydrogen) atoms. The van der Waals surface area contributed by atoms with E-state index in [-0.39, 0.29) is 11.8 Å². The molecule has 102 valence electrons. The van der Waals surface area contributed by atoms with Crippen molar-refractivity contribution in [3.05, 3.63) is 29.3 Å². The standard InChI is InChI=1S/C16H22N2O/c1-10(2)11-4-5-15-13(8-11)12-6-7-17-9-14(12)16(19)18(15)3/h4-5,8,10,12,14,17H,6-7,9H2,1-3H3. The normalized spacial score (nSPS) is 26.3. The van der Waals surface area contributed by atoms with Crippen LogP contribution in [0.5, 0.6) is 0 Å². The highest BCUT2D eigenvalue weighted by Gasteiger charge is 2.40. The van der Waals surface area contributed by atoms with Gasteiger partial charge in [-0.05, 0) is 42.0 Å². The van der Waals surface area contributed by atoms with E-state index in [0.717, 1.165) is 25.2 Å². The Kier molecular flexibility index (Phi) is 3.09. The number of piperidine rings is 1. The van der Waals surface area contributed by atoms with Crippen LogP contribution in [0, 0.1) is 5.92 Å². The minimum Gasteiger partial charge on any atom is -0.316 e. The van der Waals surface area contributed by atoms with E-state index < -0.39 is 0 Å². The molecular weight excluding hydrogens is 236 g/mol. The van der Waals surface area contributed by atoms with Crippen molar-refractivity contribution < 1.29 is 4.79 Å². The molecule has 3 rings (SSSR count). The highest BCUT2D eigenvalue weighted by molar-refractivity contribution is 5.98. The van der Waals surface area contributed by atoms with Gasteiger partial charge in [0.05, 0.1) is 5.92 Å². The number of anilines is 1. The molecule has 2 unspecified atom stereocenters. The van der Waals surface area contributed by atoms with Gasteiger partial charge in [-0.2, -0.15) is 0 Å². The first-order valence-electron chi connectivity index (χ1n) is 7.21. The number of nitrogens with one attached hydrogen (secondary N) is 1. The van der Waals surface area contributed by atoms with Gasteiger partial charge in [0.2, 0.25) is 5.91 Å². The summed E-state index contributed by atoms with van der Waals surface area (Å²) in [5.41, 5.74) is 3.86. The summed E-state index contributed by atoms with van der Waals surface area (Å²) in [5.74, 6) is 1.32. The molecular formula is C16H22N2O. The highest BCUT2D eigenvalue weighted by Crippen LogP contribution is 2.42. The van der Waals surface area contributed by atoms with Gasteiger partial charge in [0.1, 0.15) is 0 Å². The fraction of sp³-hybridized carbons (Fsp3) is 0.562. The largest absolute Gasteiger partial charge is 0.316 e. The van der Waals surface area contributed by atoms with E-state index in [1.165, 1.54) is 11.1 Å². The summed E-state index contributed by atoms with van der Waals surface area (Å²) in [6, 6.07) is 6.61. The first-order valence-corrected chi connectivity index (χ1v) is 7.21. The van der Waals surface area contributed by atoms with Crippen molar-refractivity contribution in [3.8, 4) is 0 Å². The molecule has 1 saturated heterocycles. The predicted octanol–water partition coefficient (Wildman–Crippen LogP) is 2.48. The Morgan fingerprint density at radius 2 is 2.11 bits per heavy atom. The summed E-state index contributed by atoms with van der Waals surface area (Å²) in [7, 11) is 1.90. The van der Waals surface area contributed by atoms with E-state index in [0.29, 0.717) is 11.8 Å². The number of benzene rings is 1. The second-order valence-electron chi connectivity index (χ2n) is 6.08. The van der Waals surface area contributed by atoms with Crippen LogP contribution in [0.15, 0.2) is 18.2 Å². The van der Waals surface area contributed by atoms with E-state index in [1.807, 2.05) is 11.9 Å². The molecule has 3 nitrogen and oxygen atoms in total. The van der Waals surface area contributed by atoms with Crippen LogP contribution in [0.25, 0.3) is 0 Å². The second kappa shape index (κ2) is 4.64. The molecule has 2 aliphatic heterocycles. The zero-order valence-corrected chi connectivity index (χ0v) is 11.9. The number of fused-ring (bicyclic) bond motifs is 3. The number of rotatable bonds is 1. The maximum absolute atomic E-state index is 12.4. The lowest BCUT2D eigenvalue weighted by atomic mass is 9.76. The van der Waals surface area contributed by atoms with Crippen LogP contribution in [0.2, 0.25) is 0 Å². The van der Waals surface area contributed by atoms with Crippen LogP contribution < -0.4 is 10.2 Å². The summed E-state index contributed by atoms with van der Waals surface area (Å²) >= 11 is 0. The third-order valence-corrected chi connectivity index (χ3v) is 4.61. The van der Waals surface area contributed by atoms with Gasteiger partial charge in [-0.3, -0.25) is 4.79 Å². The Hall–Kier alpha value is -1.35. The van der Waals surface area contributed by atoms with E-state index in [1.54, 1.807) is 0 Å². The van der Waals surface area contributed by atoms with Crippen LogP contribution in [0.1, 0.15) is 43.2 Å². The second-order valence-corrected chi connectivity index (χ2v) is 6.08. The Balaban J connectivity index is 2.09. The summed E-state index contributed by atoms with van der Waals surface area (Å²) in [4.78, 5) is 14.3. The zero-order valence-electron chi connectivity index (χ0n) is 11.9. The molecule has 1 amide bonds. The van der Waals surface area contributed by atoms with E-state index >= 15 is 0 Å². The summed E-state index contributed by atoms with van der Waals surface area (Å²) < 4.78 is 0. The fourth-order valence-corrected chi connectivity index (χ4v) is 3.39. The van der Waals surface area contributed by atoms with Gasteiger partial charge in [-0.15, -0.1) is 0 Å². The molecule has 3 heteroatoms. The van der Waals surface area contributed by atoms with E-state index in [2.05, 4.69) is 37.4 Å². The SMILES string of the molecule is CC(C)c1ccc2c(c1)C1CCNCC1C(=O)N2C. The third kappa shape index (κ3) is 1.96. The van der Waals surface area contributed by atoms with Crippen molar-refractivity contribution in [2.24, 2.45) is 5.92 Å². The van der Waals surface area contributed by atoms with Gasteiger partial charge in [0, 0.05) is 19.3 Å². The number of carbonyl (C=O) groups excluding carboxylic acids is 1. The number of nitrogens with zero attached hydrogens (tertiary/aromatic N) is 1. The van der Waals surface area contributed by atoms with Crippen molar-refractivity contribution in [3.63, 3.8) is 0 Å². The quantitative estimate of drug-likeness (QED) is 0.839. The van der Waals surface area contributed by atoms with Crippen LogP contribution in [-0.4, -0.2) is 26.0 Å². The Morgan fingerprint density at radius 3 is 2.84 bits per heavy atom. The Bertz CT molecular complexity index is 509. The number of hydrogen-bond acceptors (Lipinski definition) is 2. The predicted molar refractivity (Wildman–Crippen MR) is 77.7 cm³/mol. The molecule has 2 atom stereocenters. The molecule has 0 aliphatic carbocycles. The number of carbonyl (C=O) groups is 1. The molecule has 1 aromatic rings. The third-order valence-electron chi connectivity index (χ3n) is 4.61. The molecule has 0 bridgehead atoms. The molecule has 1 N–H and O–H groups in total. The van der Waals surface area contributed by atoms with Gasteiger partial charge >= 0.3 is 0 Å². The molecule has 2 heterocycles. The van der Waals surface area contributed by atoms with Crippen molar-refractivity contribution in [2.45, 2.75) is 32.1 Å². The van der Waals surface area contributed by atoms with E-state index in [4.69, 9.17) is 0 Å². The monoisotopic (exact) mass is 258 g/mol. The topological polar surface area (TPSA) is 32.3 Å². The minimum atomic E-state index is 0.119. The summed E-state index contributed by atoms with van der Waals surface area (Å²) in [5, 5.41) is 3.36. The molecule has 2 aliphatic rings. The van der Waals surface area contributed by atoms with Crippen molar-refractivity contribution in [2.75, 3.05) is 25.0 Å². The summed E-state index contributed by atoms with van der Waals surface area (Å²) in [6.45, 7) is 6.28. The average Bonchev–Trinajstić information content (AvgIpc) is 2.44. The van der Waals surface area contributed by atoms with Gasteiger partial charge in [0.15, 0.2) is 0 Å². The molecule has 1 fully saturated rings. The van der Waals surface area contributed by atoms with Crippen molar-refractivity contribution in [1.29, 1.82) is 0 Å². The van der Waals surface area contributed by atoms with Crippen LogP contribution in [-0.2, 0) is 4.79 Å². The smallest absolute Gasteiger partial charge is 0.231 e. The molecule has 0 spiro atoms. The van der Waals surface area contributed by atoms with Gasteiger partial charge < -0.3 is 10.2 Å². The summed E-state index contributed by atoms with van der Waals surface area (Å²) in [6.07, 6.45) is 1.07. The zero-order chi connectivity index (χ0) is 13.6. The lowest BCUT2D eigenvalue weighted by Crippen LogP contribution is -2.48. The lowest BCUT2D eigenvalue weighted by Gasteiger charge is -2.41. The van der Waals surface area contributed by atoms with Crippen LogP contribution >= 0.6 is 0 Å². The molecule has 0 aromatic heterocycles. The maximum atomic E-state index is 12.4. The molecule has 0 saturated carbocycles. The minimum absolute atomic E-state index is 0.119. The van der Waals surface area contributed by atoms with Gasteiger partial charge in [0.25, 0.3) is 0 Å². The van der Waals surface area contributed by atoms with Crippen LogP contribution in [0.4, 0.5) is 5.69 Å². The lowest BCUT2D eigenvalue weighted by molar-refractivity contribution is -0.123. The first-order chi connectivity index (χ1) is 9.09. The first kappa shape index (κ1) is 12.7. The molecule has 1 aromatic carbocycles. The average molecular weight is 258 g/mol. The Morgan fingerprint density at radius 1 is 1.32 bits per heavy atom. The van der Waals surface area contributed by atoms with Gasteiger partial charge in [-0.25, -0.2) is 0 Å². The highest BCUT2D eigenvalue weighted by atomic mass is 16.2. The molecule has 0 radical (unpaired) electrons. The number of amides is 1. The van der Waals surface area contributed by atoms with Crippen molar-refractivity contribution in [1.82, 2.24) is 5.32 Å². The number of hydrogen-bond donors (Lipinski definition) is 1. The fourth-order valence-electron chi connectivity index (χ4n) is 3.39. The van der Waals surface area contributed by atoms with Crippen molar-refractivity contribution >= 4 is 11.6 Å².